The number of nitrogens with one attached hydrogen (secondary N) is 3. The van der Waals surface area contributed by atoms with Gasteiger partial charge >= 0.3 is 5.97 Å². The van der Waals surface area contributed by atoms with E-state index in [0.717, 1.165) is 19.4 Å². The fraction of sp³-hybridized carbons (Fsp3) is 0.733. The molecule has 0 aromatic carbocycles. The van der Waals surface area contributed by atoms with Gasteiger partial charge in [-0.2, -0.15) is 0 Å². The minimum Gasteiger partial charge on any atom is -0.480 e. The number of aliphatic carboxylic acids is 1. The van der Waals surface area contributed by atoms with Crippen LogP contribution in [0.3, 0.4) is 0 Å². The number of likely N-dealkylation sites (tertiary alicyclic amines) is 1. The van der Waals surface area contributed by atoms with Crippen molar-refractivity contribution in [3.05, 3.63) is 0 Å². The normalized spacial score (nSPS) is 24.0. The third kappa shape index (κ3) is 4.89. The number of nitrogens with zero attached hydrogens (tertiary/aromatic N) is 1. The summed E-state index contributed by atoms with van der Waals surface area (Å²) >= 11 is 0. The summed E-state index contributed by atoms with van der Waals surface area (Å²) in [4.78, 5) is 48.7. The molecule has 0 aliphatic carbocycles. The van der Waals surface area contributed by atoms with Crippen molar-refractivity contribution in [3.8, 4) is 0 Å². The molecule has 2 saturated heterocycles. The molecule has 10 heteroatoms. The zero-order valence-corrected chi connectivity index (χ0v) is 13.9. The van der Waals surface area contributed by atoms with Gasteiger partial charge in [0.15, 0.2) is 0 Å². The number of carboxylic acid groups (broad SMARTS) is 1. The van der Waals surface area contributed by atoms with E-state index in [0.29, 0.717) is 19.4 Å². The van der Waals surface area contributed by atoms with Crippen molar-refractivity contribution in [1.29, 1.82) is 0 Å². The summed E-state index contributed by atoms with van der Waals surface area (Å²) < 4.78 is 0. The van der Waals surface area contributed by atoms with Crippen molar-refractivity contribution in [2.45, 2.75) is 43.8 Å². The second-order valence-electron chi connectivity index (χ2n) is 6.20. The number of amides is 3. The minimum atomic E-state index is -1.41. The van der Waals surface area contributed by atoms with E-state index in [1.165, 1.54) is 0 Å². The maximum Gasteiger partial charge on any atom is 0.328 e. The molecule has 0 spiro atoms. The lowest BCUT2D eigenvalue weighted by Gasteiger charge is -2.26. The summed E-state index contributed by atoms with van der Waals surface area (Å²) in [6.45, 7) is 0.140. The molecule has 0 bridgehead atoms. The third-order valence-corrected chi connectivity index (χ3v) is 4.44. The predicted molar refractivity (Wildman–Crippen MR) is 85.4 cm³/mol. The van der Waals surface area contributed by atoms with Gasteiger partial charge in [-0.3, -0.25) is 14.4 Å². The van der Waals surface area contributed by atoms with Gasteiger partial charge in [0.2, 0.25) is 17.7 Å². The van der Waals surface area contributed by atoms with E-state index in [4.69, 9.17) is 10.2 Å². The van der Waals surface area contributed by atoms with Crippen LogP contribution in [0.2, 0.25) is 0 Å². The predicted octanol–water partition coefficient (Wildman–Crippen LogP) is -2.59. The highest BCUT2D eigenvalue weighted by Crippen LogP contribution is 2.20. The molecule has 0 saturated carbocycles. The number of aliphatic hydroxyl groups is 1. The molecule has 140 valence electrons. The second kappa shape index (κ2) is 8.77. The second-order valence-corrected chi connectivity index (χ2v) is 6.20. The van der Waals surface area contributed by atoms with E-state index in [1.807, 2.05) is 0 Å². The summed E-state index contributed by atoms with van der Waals surface area (Å²) in [5.74, 6) is -2.61. The first-order valence-corrected chi connectivity index (χ1v) is 8.38. The zero-order chi connectivity index (χ0) is 18.4. The van der Waals surface area contributed by atoms with Crippen molar-refractivity contribution in [1.82, 2.24) is 20.9 Å². The smallest absolute Gasteiger partial charge is 0.328 e. The summed E-state index contributed by atoms with van der Waals surface area (Å²) in [6.07, 6.45) is 2.93. The maximum atomic E-state index is 12.5. The van der Waals surface area contributed by atoms with Gasteiger partial charge in [0.1, 0.15) is 12.1 Å². The molecule has 5 N–H and O–H groups in total. The first-order chi connectivity index (χ1) is 11.9. The van der Waals surface area contributed by atoms with Gasteiger partial charge in [0.05, 0.1) is 19.2 Å². The Morgan fingerprint density at radius 3 is 2.56 bits per heavy atom. The van der Waals surface area contributed by atoms with E-state index >= 15 is 0 Å². The Bertz CT molecular complexity index is 534. The van der Waals surface area contributed by atoms with Crippen LogP contribution in [0.4, 0.5) is 0 Å². The van der Waals surface area contributed by atoms with Gasteiger partial charge in [-0.05, 0) is 32.2 Å². The van der Waals surface area contributed by atoms with E-state index in [9.17, 15) is 19.2 Å². The average Bonchev–Trinajstić information content (AvgIpc) is 3.27. The van der Waals surface area contributed by atoms with Gasteiger partial charge < -0.3 is 31.1 Å². The Balaban J connectivity index is 1.83. The third-order valence-electron chi connectivity index (χ3n) is 4.44. The van der Waals surface area contributed by atoms with Crippen molar-refractivity contribution < 1.29 is 29.4 Å². The summed E-state index contributed by atoms with van der Waals surface area (Å²) in [7, 11) is 0. The molecule has 0 aromatic heterocycles. The van der Waals surface area contributed by atoms with Gasteiger partial charge in [0, 0.05) is 6.54 Å². The fourth-order valence-electron chi connectivity index (χ4n) is 3.11. The van der Waals surface area contributed by atoms with Crippen LogP contribution in [0, 0.1) is 0 Å². The van der Waals surface area contributed by atoms with Crippen LogP contribution < -0.4 is 16.0 Å². The first-order valence-electron chi connectivity index (χ1n) is 8.38. The van der Waals surface area contributed by atoms with Crippen molar-refractivity contribution in [3.63, 3.8) is 0 Å². The summed E-state index contributed by atoms with van der Waals surface area (Å²) in [5, 5.41) is 25.3. The Hall–Kier alpha value is -2.20. The highest BCUT2D eigenvalue weighted by atomic mass is 16.4. The lowest BCUT2D eigenvalue weighted by Crippen LogP contribution is -2.53. The molecule has 3 amide bonds. The van der Waals surface area contributed by atoms with E-state index in [1.54, 1.807) is 4.90 Å². The number of hydrogen-bond acceptors (Lipinski definition) is 6. The van der Waals surface area contributed by atoms with E-state index in [2.05, 4.69) is 16.0 Å². The SMILES string of the molecule is O=C(CNC(=O)C1CCCN1C(=O)C1CCCN1)NC(CO)C(=O)O. The number of rotatable bonds is 7. The molecule has 0 aromatic rings. The van der Waals surface area contributed by atoms with Crippen LogP contribution in [-0.2, 0) is 19.2 Å². The van der Waals surface area contributed by atoms with Crippen LogP contribution in [0.15, 0.2) is 0 Å². The fourth-order valence-corrected chi connectivity index (χ4v) is 3.11. The lowest BCUT2D eigenvalue weighted by atomic mass is 10.1. The van der Waals surface area contributed by atoms with Crippen molar-refractivity contribution in [2.75, 3.05) is 26.2 Å². The number of aliphatic hydroxyl groups excluding tert-OH is 1. The Morgan fingerprint density at radius 1 is 1.20 bits per heavy atom. The molecule has 25 heavy (non-hydrogen) atoms. The molecule has 2 heterocycles. The molecule has 2 rings (SSSR count). The lowest BCUT2D eigenvalue weighted by molar-refractivity contribution is -0.143. The highest BCUT2D eigenvalue weighted by Gasteiger charge is 2.37. The summed E-state index contributed by atoms with van der Waals surface area (Å²) in [5.41, 5.74) is 0. The molecular formula is C15H24N4O6. The topological polar surface area (TPSA) is 148 Å². The monoisotopic (exact) mass is 356 g/mol. The maximum absolute atomic E-state index is 12.5. The zero-order valence-electron chi connectivity index (χ0n) is 13.9. The standard InChI is InChI=1S/C15H24N4O6/c20-8-10(15(24)25)18-12(21)7-17-13(22)11-4-2-6-19(11)14(23)9-3-1-5-16-9/h9-11,16,20H,1-8H2,(H,17,22)(H,18,21)(H,24,25). The van der Waals surface area contributed by atoms with Crippen LogP contribution in [0.1, 0.15) is 25.7 Å². The average molecular weight is 356 g/mol. The number of carboxylic acids is 1. The Kier molecular flexibility index (Phi) is 6.71. The molecule has 2 aliphatic heterocycles. The van der Waals surface area contributed by atoms with Crippen LogP contribution in [0.25, 0.3) is 0 Å². The van der Waals surface area contributed by atoms with Crippen LogP contribution in [-0.4, -0.2) is 83.2 Å². The molecule has 10 nitrogen and oxygen atoms in total. The first kappa shape index (κ1) is 19.1. The van der Waals surface area contributed by atoms with E-state index < -0.39 is 43.0 Å². The highest BCUT2D eigenvalue weighted by molar-refractivity contribution is 5.93. The quantitative estimate of drug-likeness (QED) is 0.336. The van der Waals surface area contributed by atoms with E-state index in [-0.39, 0.29) is 11.9 Å². The van der Waals surface area contributed by atoms with Crippen molar-refractivity contribution >= 4 is 23.7 Å². The van der Waals surface area contributed by atoms with Crippen LogP contribution in [0.5, 0.6) is 0 Å². The van der Waals surface area contributed by atoms with Gasteiger partial charge in [0.25, 0.3) is 0 Å². The Morgan fingerprint density at radius 2 is 1.96 bits per heavy atom. The molecule has 2 fully saturated rings. The van der Waals surface area contributed by atoms with Gasteiger partial charge in [-0.25, -0.2) is 4.79 Å². The van der Waals surface area contributed by atoms with Gasteiger partial charge in [-0.15, -0.1) is 0 Å². The molecule has 3 unspecified atom stereocenters. The molecule has 2 aliphatic rings. The molecule has 0 radical (unpaired) electrons. The summed E-state index contributed by atoms with van der Waals surface area (Å²) in [6, 6.07) is -2.28. The van der Waals surface area contributed by atoms with Gasteiger partial charge in [-0.1, -0.05) is 0 Å². The largest absolute Gasteiger partial charge is 0.480 e. The number of carbonyl (C=O) groups excluding carboxylic acids is 3. The van der Waals surface area contributed by atoms with Crippen LogP contribution >= 0.6 is 0 Å². The minimum absolute atomic E-state index is 0.0918. The number of carbonyl (C=O) groups is 4. The molecule has 3 atom stereocenters. The number of hydrogen-bond donors (Lipinski definition) is 5. The Labute approximate surface area is 144 Å². The van der Waals surface area contributed by atoms with Crippen molar-refractivity contribution in [2.24, 2.45) is 0 Å². The molecular weight excluding hydrogens is 332 g/mol.